The van der Waals surface area contributed by atoms with Crippen LogP contribution in [0.1, 0.15) is 0 Å². The number of rotatable bonds is 2. The van der Waals surface area contributed by atoms with Crippen molar-refractivity contribution in [2.75, 3.05) is 0 Å². The van der Waals surface area contributed by atoms with Crippen molar-refractivity contribution in [2.24, 2.45) is 0 Å². The maximum atomic E-state index is 11.0. The molecule has 41 heavy (non-hydrogen) atoms. The molecule has 0 unspecified atom stereocenters. The van der Waals surface area contributed by atoms with Gasteiger partial charge in [0.25, 0.3) is 0 Å². The Kier molecular flexibility index (Phi) is 4.62. The quantitative estimate of drug-likeness (QED) is 0.0661. The van der Waals surface area contributed by atoms with E-state index in [-0.39, 0.29) is 5.56 Å². The van der Waals surface area contributed by atoms with Gasteiger partial charge in [-0.3, -0.25) is 0 Å². The first kappa shape index (κ1) is 23.2. The van der Waals surface area contributed by atoms with Crippen LogP contribution in [0.3, 0.4) is 0 Å². The second-order valence-electron chi connectivity index (χ2n) is 10.4. The van der Waals surface area contributed by atoms with Gasteiger partial charge in [-0.1, -0.05) is 103 Å². The van der Waals surface area contributed by atoms with Crippen molar-refractivity contribution in [1.29, 1.82) is 0 Å². The third-order valence-corrected chi connectivity index (χ3v) is 8.35. The second-order valence-corrected chi connectivity index (χ2v) is 10.4. The first-order valence-corrected chi connectivity index (χ1v) is 13.2. The van der Waals surface area contributed by atoms with E-state index in [2.05, 4.69) is 54.6 Å². The summed E-state index contributed by atoms with van der Waals surface area (Å²) in [5.41, 5.74) is 2.30. The first-order valence-electron chi connectivity index (χ1n) is 13.2. The molecule has 5 nitrogen and oxygen atoms in total. The minimum Gasteiger partial charge on any atom is -0.504 e. The van der Waals surface area contributed by atoms with Crippen molar-refractivity contribution in [3.63, 3.8) is 0 Å². The molecule has 0 saturated heterocycles. The average molecular weight is 535 g/mol. The zero-order valence-corrected chi connectivity index (χ0v) is 21.6. The highest BCUT2D eigenvalue weighted by molar-refractivity contribution is 6.29. The standard InChI is InChI=1S/C36H22O5/c37-32-31(33(38)35(40)36(41)34(32)39)30-23-10-3-1-8-21(23)29(22-9-2-4-11-24(22)30)26-17-15-20-13-12-18-6-5-7-19-14-16-25(26)28(20)27(18)19/h1-17,37-41H. The fourth-order valence-corrected chi connectivity index (χ4v) is 6.56. The van der Waals surface area contributed by atoms with Crippen LogP contribution >= 0.6 is 0 Å². The maximum absolute atomic E-state index is 11.0. The highest BCUT2D eigenvalue weighted by atomic mass is 16.4. The van der Waals surface area contributed by atoms with Crippen molar-refractivity contribution in [3.8, 4) is 51.0 Å². The summed E-state index contributed by atoms with van der Waals surface area (Å²) in [6, 6.07) is 34.6. The molecule has 0 amide bonds. The zero-order chi connectivity index (χ0) is 28.0. The normalized spacial score (nSPS) is 11.9. The minimum atomic E-state index is -0.984. The van der Waals surface area contributed by atoms with Gasteiger partial charge in [0.15, 0.2) is 11.5 Å². The molecule has 196 valence electrons. The Balaban J connectivity index is 1.58. The molecule has 5 heteroatoms. The lowest BCUT2D eigenvalue weighted by Crippen LogP contribution is -1.93. The van der Waals surface area contributed by atoms with E-state index >= 15 is 0 Å². The molecular weight excluding hydrogens is 512 g/mol. The van der Waals surface area contributed by atoms with E-state index in [1.807, 2.05) is 48.5 Å². The summed E-state index contributed by atoms with van der Waals surface area (Å²) in [7, 11) is 0. The van der Waals surface area contributed by atoms with Gasteiger partial charge in [-0.05, 0) is 65.0 Å². The molecular formula is C36H22O5. The van der Waals surface area contributed by atoms with Gasteiger partial charge in [0.1, 0.15) is 0 Å². The molecule has 5 N–H and O–H groups in total. The Morgan fingerprint density at radius 3 is 1.29 bits per heavy atom. The summed E-state index contributed by atoms with van der Waals surface area (Å²) >= 11 is 0. The van der Waals surface area contributed by atoms with Crippen LogP contribution in [0.5, 0.6) is 28.7 Å². The average Bonchev–Trinajstić information content (AvgIpc) is 3.01. The van der Waals surface area contributed by atoms with Crippen molar-refractivity contribution >= 4 is 53.9 Å². The van der Waals surface area contributed by atoms with Gasteiger partial charge in [0.05, 0.1) is 5.56 Å². The van der Waals surface area contributed by atoms with Gasteiger partial charge in [0.2, 0.25) is 17.2 Å². The fraction of sp³-hybridized carbons (Fsp3) is 0. The van der Waals surface area contributed by atoms with Crippen LogP contribution in [0.4, 0.5) is 0 Å². The molecule has 0 radical (unpaired) electrons. The van der Waals surface area contributed by atoms with Crippen LogP contribution in [0, 0.1) is 0 Å². The fourth-order valence-electron chi connectivity index (χ4n) is 6.56. The van der Waals surface area contributed by atoms with Crippen molar-refractivity contribution in [2.45, 2.75) is 0 Å². The number of benzene rings is 8. The van der Waals surface area contributed by atoms with E-state index in [0.29, 0.717) is 16.3 Å². The summed E-state index contributed by atoms with van der Waals surface area (Å²) in [4.78, 5) is 0. The summed E-state index contributed by atoms with van der Waals surface area (Å²) in [5, 5.41) is 63.0. The van der Waals surface area contributed by atoms with E-state index in [1.165, 1.54) is 21.5 Å². The number of hydrogen-bond donors (Lipinski definition) is 5. The molecule has 0 aliphatic heterocycles. The number of hydrogen-bond acceptors (Lipinski definition) is 5. The van der Waals surface area contributed by atoms with Gasteiger partial charge < -0.3 is 25.5 Å². The SMILES string of the molecule is Oc1c(O)c(O)c(-c2c3ccccc3c(-c3ccc4ccc5cccc6ccc3c4c56)c3ccccc23)c(O)c1O. The molecule has 0 atom stereocenters. The van der Waals surface area contributed by atoms with Gasteiger partial charge in [-0.2, -0.15) is 0 Å². The van der Waals surface area contributed by atoms with E-state index in [9.17, 15) is 25.5 Å². The summed E-state index contributed by atoms with van der Waals surface area (Å²) in [5.74, 6) is -4.23. The van der Waals surface area contributed by atoms with Crippen LogP contribution in [-0.2, 0) is 0 Å². The highest BCUT2D eigenvalue weighted by Gasteiger charge is 2.28. The van der Waals surface area contributed by atoms with Gasteiger partial charge >= 0.3 is 0 Å². The Labute approximate surface area is 233 Å². The number of phenols is 5. The van der Waals surface area contributed by atoms with Gasteiger partial charge in [-0.25, -0.2) is 0 Å². The van der Waals surface area contributed by atoms with E-state index in [1.54, 1.807) is 0 Å². The molecule has 0 heterocycles. The van der Waals surface area contributed by atoms with E-state index in [4.69, 9.17) is 0 Å². The molecule has 8 rings (SSSR count). The van der Waals surface area contributed by atoms with Crippen molar-refractivity contribution < 1.29 is 25.5 Å². The molecule has 0 saturated carbocycles. The molecule has 0 aliphatic carbocycles. The predicted octanol–water partition coefficient (Wildman–Crippen LogP) is 8.75. The second kappa shape index (κ2) is 8.16. The number of fused-ring (bicyclic) bond motifs is 2. The molecule has 0 aliphatic rings. The molecule has 0 aromatic heterocycles. The monoisotopic (exact) mass is 534 g/mol. The summed E-state index contributed by atoms with van der Waals surface area (Å²) in [6.45, 7) is 0. The van der Waals surface area contributed by atoms with Crippen LogP contribution in [0.15, 0.2) is 103 Å². The van der Waals surface area contributed by atoms with Crippen LogP contribution in [0.2, 0.25) is 0 Å². The molecule has 0 fully saturated rings. The lowest BCUT2D eigenvalue weighted by Gasteiger charge is -2.21. The highest BCUT2D eigenvalue weighted by Crippen LogP contribution is 2.58. The van der Waals surface area contributed by atoms with Gasteiger partial charge in [0, 0.05) is 5.56 Å². The van der Waals surface area contributed by atoms with E-state index < -0.39 is 28.7 Å². The third kappa shape index (κ3) is 3.00. The zero-order valence-electron chi connectivity index (χ0n) is 21.6. The Morgan fingerprint density at radius 1 is 0.293 bits per heavy atom. The number of phenolic OH excluding ortho intramolecular Hbond substituents is 5. The van der Waals surface area contributed by atoms with Crippen LogP contribution in [0.25, 0.3) is 76.1 Å². The molecule has 8 aromatic carbocycles. The molecule has 8 aromatic rings. The Morgan fingerprint density at radius 2 is 0.732 bits per heavy atom. The lowest BCUT2D eigenvalue weighted by atomic mass is 9.83. The maximum Gasteiger partial charge on any atom is 0.208 e. The predicted molar refractivity (Wildman–Crippen MR) is 164 cm³/mol. The van der Waals surface area contributed by atoms with Crippen LogP contribution < -0.4 is 0 Å². The molecule has 0 bridgehead atoms. The minimum absolute atomic E-state index is 0.160. The topological polar surface area (TPSA) is 101 Å². The first-order chi connectivity index (χ1) is 20.0. The van der Waals surface area contributed by atoms with Crippen molar-refractivity contribution in [3.05, 3.63) is 103 Å². The van der Waals surface area contributed by atoms with Crippen LogP contribution in [-0.4, -0.2) is 25.5 Å². The van der Waals surface area contributed by atoms with Crippen molar-refractivity contribution in [1.82, 2.24) is 0 Å². The number of aromatic hydroxyl groups is 5. The third-order valence-electron chi connectivity index (χ3n) is 8.35. The van der Waals surface area contributed by atoms with Gasteiger partial charge in [-0.15, -0.1) is 0 Å². The summed E-state index contributed by atoms with van der Waals surface area (Å²) in [6.07, 6.45) is 0. The largest absolute Gasteiger partial charge is 0.504 e. The Hall–Kier alpha value is -5.68. The lowest BCUT2D eigenvalue weighted by molar-refractivity contribution is 0.330. The Bertz CT molecular complexity index is 2270. The smallest absolute Gasteiger partial charge is 0.208 e. The van der Waals surface area contributed by atoms with E-state index in [0.717, 1.165) is 32.7 Å². The summed E-state index contributed by atoms with van der Waals surface area (Å²) < 4.78 is 0. The molecule has 0 spiro atoms.